The predicted octanol–water partition coefficient (Wildman–Crippen LogP) is 1.37. The zero-order valence-corrected chi connectivity index (χ0v) is 13.2. The summed E-state index contributed by atoms with van der Waals surface area (Å²) in [4.78, 5) is 14.2. The van der Waals surface area contributed by atoms with E-state index in [9.17, 15) is 13.2 Å². The third-order valence-corrected chi connectivity index (χ3v) is 7.14. The van der Waals surface area contributed by atoms with Crippen LogP contribution < -0.4 is 0 Å². The Morgan fingerprint density at radius 2 is 1.80 bits per heavy atom. The molecule has 116 valence electrons. The number of rotatable bonds is 3. The van der Waals surface area contributed by atoms with Crippen LogP contribution in [0.1, 0.15) is 46.0 Å². The number of carbonyl (C=O) groups excluding carboxylic acids is 1. The maximum Gasteiger partial charge on any atom is 0.240 e. The maximum absolute atomic E-state index is 12.6. The first-order valence-electron chi connectivity index (χ1n) is 7.57. The molecule has 2 aliphatic heterocycles. The summed E-state index contributed by atoms with van der Waals surface area (Å²) in [5, 5.41) is -1.48. The fourth-order valence-corrected chi connectivity index (χ4v) is 5.09. The molecule has 2 heterocycles. The van der Waals surface area contributed by atoms with Crippen molar-refractivity contribution in [2.45, 2.75) is 62.6 Å². The summed E-state index contributed by atoms with van der Waals surface area (Å²) < 4.78 is 30.5. The summed E-state index contributed by atoms with van der Waals surface area (Å²) in [5.41, 5.74) is 0. The van der Waals surface area contributed by atoms with Gasteiger partial charge in [0.25, 0.3) is 0 Å². The lowest BCUT2D eigenvalue weighted by molar-refractivity contribution is -0.130. The summed E-state index contributed by atoms with van der Waals surface area (Å²) in [6.45, 7) is 5.16. The van der Waals surface area contributed by atoms with Crippen molar-refractivity contribution in [3.05, 3.63) is 0 Å². The van der Waals surface area contributed by atoms with Gasteiger partial charge in [0.2, 0.25) is 5.91 Å². The molecule has 0 spiro atoms. The highest BCUT2D eigenvalue weighted by Gasteiger charge is 2.42. The van der Waals surface area contributed by atoms with E-state index >= 15 is 0 Å². The summed E-state index contributed by atoms with van der Waals surface area (Å²) in [7, 11) is -3.46. The van der Waals surface area contributed by atoms with Gasteiger partial charge in [0.05, 0.1) is 11.4 Å². The summed E-state index contributed by atoms with van der Waals surface area (Å²) in [5.74, 6) is -0.231. The quantitative estimate of drug-likeness (QED) is 0.790. The van der Waals surface area contributed by atoms with Crippen molar-refractivity contribution in [3.8, 4) is 0 Å². The van der Waals surface area contributed by atoms with Crippen LogP contribution in [0, 0.1) is 0 Å². The van der Waals surface area contributed by atoms with Crippen LogP contribution >= 0.6 is 0 Å². The summed E-state index contributed by atoms with van der Waals surface area (Å²) in [6.07, 6.45) is 4.39. The minimum absolute atomic E-state index is 0.231. The van der Waals surface area contributed by atoms with E-state index in [1.165, 1.54) is 6.92 Å². The fraction of sp³-hybridized carbons (Fsp3) is 0.929. The molecule has 3 unspecified atom stereocenters. The van der Waals surface area contributed by atoms with Crippen molar-refractivity contribution in [2.75, 3.05) is 19.7 Å². The van der Waals surface area contributed by atoms with Crippen LogP contribution in [0.2, 0.25) is 0 Å². The molecule has 0 saturated carbocycles. The van der Waals surface area contributed by atoms with Gasteiger partial charge in [-0.15, -0.1) is 0 Å². The third-order valence-electron chi connectivity index (χ3n) is 4.49. The maximum atomic E-state index is 12.6. The van der Waals surface area contributed by atoms with Gasteiger partial charge >= 0.3 is 0 Å². The smallest absolute Gasteiger partial charge is 0.240 e. The molecule has 0 aliphatic carbocycles. The van der Waals surface area contributed by atoms with E-state index in [2.05, 4.69) is 0 Å². The lowest BCUT2D eigenvalue weighted by Crippen LogP contribution is -2.46. The van der Waals surface area contributed by atoms with E-state index < -0.39 is 20.3 Å². The first kappa shape index (κ1) is 15.8. The van der Waals surface area contributed by atoms with Gasteiger partial charge in [-0.25, -0.2) is 8.42 Å². The van der Waals surface area contributed by atoms with Crippen LogP contribution in [0.3, 0.4) is 0 Å². The van der Waals surface area contributed by atoms with E-state index in [1.807, 2.05) is 0 Å². The molecule has 5 nitrogen and oxygen atoms in total. The molecular formula is C14H25NO4S. The van der Waals surface area contributed by atoms with Crippen LogP contribution in [-0.4, -0.2) is 55.5 Å². The SMILES string of the molecule is CC1OCCC1S(=O)(=O)C(C)C(=O)N1CCCCCC1. The van der Waals surface area contributed by atoms with Crippen molar-refractivity contribution in [3.63, 3.8) is 0 Å². The Kier molecular flexibility index (Phi) is 5.07. The molecule has 3 atom stereocenters. The molecule has 0 N–H and O–H groups in total. The fourth-order valence-electron chi connectivity index (χ4n) is 3.09. The van der Waals surface area contributed by atoms with E-state index in [-0.39, 0.29) is 12.0 Å². The summed E-state index contributed by atoms with van der Waals surface area (Å²) >= 11 is 0. The lowest BCUT2D eigenvalue weighted by Gasteiger charge is -2.26. The topological polar surface area (TPSA) is 63.7 Å². The Morgan fingerprint density at radius 1 is 1.20 bits per heavy atom. The Hall–Kier alpha value is -0.620. The van der Waals surface area contributed by atoms with Crippen molar-refractivity contribution in [2.24, 2.45) is 0 Å². The number of carbonyl (C=O) groups is 1. The minimum Gasteiger partial charge on any atom is -0.377 e. The molecular weight excluding hydrogens is 278 g/mol. The van der Waals surface area contributed by atoms with Crippen LogP contribution in [0.5, 0.6) is 0 Å². The highest BCUT2D eigenvalue weighted by molar-refractivity contribution is 7.93. The van der Waals surface area contributed by atoms with Gasteiger partial charge in [-0.2, -0.15) is 0 Å². The van der Waals surface area contributed by atoms with E-state index in [0.29, 0.717) is 26.1 Å². The second-order valence-electron chi connectivity index (χ2n) is 5.87. The minimum atomic E-state index is -3.46. The van der Waals surface area contributed by atoms with E-state index in [0.717, 1.165) is 25.7 Å². The first-order valence-corrected chi connectivity index (χ1v) is 9.18. The summed E-state index contributed by atoms with van der Waals surface area (Å²) in [6, 6.07) is 0. The number of sulfone groups is 1. The monoisotopic (exact) mass is 303 g/mol. The molecule has 0 aromatic carbocycles. The number of amides is 1. The largest absolute Gasteiger partial charge is 0.377 e. The van der Waals surface area contributed by atoms with Crippen LogP contribution in [-0.2, 0) is 19.4 Å². The predicted molar refractivity (Wildman–Crippen MR) is 77.2 cm³/mol. The number of ether oxygens (including phenoxy) is 1. The normalized spacial score (nSPS) is 30.0. The van der Waals surface area contributed by atoms with Crippen molar-refractivity contribution < 1.29 is 17.9 Å². The van der Waals surface area contributed by atoms with Gasteiger partial charge in [-0.05, 0) is 33.1 Å². The van der Waals surface area contributed by atoms with Gasteiger partial charge in [0, 0.05) is 19.7 Å². The number of likely N-dealkylation sites (tertiary alicyclic amines) is 1. The molecule has 0 aromatic heterocycles. The molecule has 2 aliphatic rings. The average Bonchev–Trinajstić information content (AvgIpc) is 2.69. The zero-order valence-electron chi connectivity index (χ0n) is 12.4. The van der Waals surface area contributed by atoms with E-state index in [4.69, 9.17) is 4.74 Å². The van der Waals surface area contributed by atoms with E-state index in [1.54, 1.807) is 11.8 Å². The zero-order chi connectivity index (χ0) is 14.8. The number of hydrogen-bond acceptors (Lipinski definition) is 4. The molecule has 0 bridgehead atoms. The first-order chi connectivity index (χ1) is 9.44. The third kappa shape index (κ3) is 3.17. The van der Waals surface area contributed by atoms with Crippen molar-refractivity contribution in [1.82, 2.24) is 4.90 Å². The second-order valence-corrected chi connectivity index (χ2v) is 8.36. The van der Waals surface area contributed by atoms with Gasteiger partial charge < -0.3 is 9.64 Å². The highest BCUT2D eigenvalue weighted by Crippen LogP contribution is 2.25. The second kappa shape index (κ2) is 6.43. The number of hydrogen-bond donors (Lipinski definition) is 0. The Bertz CT molecular complexity index is 440. The van der Waals surface area contributed by atoms with Crippen LogP contribution in [0.25, 0.3) is 0 Å². The number of nitrogens with zero attached hydrogens (tertiary/aromatic N) is 1. The average molecular weight is 303 g/mol. The van der Waals surface area contributed by atoms with Gasteiger partial charge in [-0.3, -0.25) is 4.79 Å². The standard InChI is InChI=1S/C14H25NO4S/c1-11-13(7-10-19-11)20(17,18)12(2)14(16)15-8-5-3-4-6-9-15/h11-13H,3-10H2,1-2H3. The van der Waals surface area contributed by atoms with Crippen LogP contribution in [0.15, 0.2) is 0 Å². The van der Waals surface area contributed by atoms with Crippen LogP contribution in [0.4, 0.5) is 0 Å². The molecule has 2 fully saturated rings. The highest BCUT2D eigenvalue weighted by atomic mass is 32.2. The molecule has 0 aromatic rings. The molecule has 6 heteroatoms. The van der Waals surface area contributed by atoms with Gasteiger partial charge in [-0.1, -0.05) is 12.8 Å². The Morgan fingerprint density at radius 3 is 2.30 bits per heavy atom. The molecule has 1 amide bonds. The lowest BCUT2D eigenvalue weighted by atomic mass is 10.2. The van der Waals surface area contributed by atoms with Crippen molar-refractivity contribution >= 4 is 15.7 Å². The molecule has 20 heavy (non-hydrogen) atoms. The van der Waals surface area contributed by atoms with Crippen molar-refractivity contribution in [1.29, 1.82) is 0 Å². The Labute approximate surface area is 121 Å². The van der Waals surface area contributed by atoms with Gasteiger partial charge in [0.1, 0.15) is 5.25 Å². The molecule has 2 saturated heterocycles. The van der Waals surface area contributed by atoms with Gasteiger partial charge in [0.15, 0.2) is 9.84 Å². The Balaban J connectivity index is 2.08. The molecule has 0 radical (unpaired) electrons. The molecule has 2 rings (SSSR count).